The SMILES string of the molecule is Cc1ccc(Cn2cc(O)c(=O)cc2CN(C)CCO)cc1. The number of aliphatic hydroxyl groups excluding tert-OH is 1. The van der Waals surface area contributed by atoms with Crippen LogP contribution in [0.15, 0.2) is 41.3 Å². The Morgan fingerprint density at radius 1 is 1.23 bits per heavy atom. The zero-order valence-corrected chi connectivity index (χ0v) is 13.0. The van der Waals surface area contributed by atoms with E-state index in [4.69, 9.17) is 5.11 Å². The second-order valence-corrected chi connectivity index (χ2v) is 5.59. The number of pyridine rings is 1. The molecule has 2 aromatic rings. The second-order valence-electron chi connectivity index (χ2n) is 5.59. The summed E-state index contributed by atoms with van der Waals surface area (Å²) < 4.78 is 1.87. The molecule has 5 nitrogen and oxygen atoms in total. The summed E-state index contributed by atoms with van der Waals surface area (Å²) in [7, 11) is 1.88. The Hall–Kier alpha value is -2.11. The van der Waals surface area contributed by atoms with Gasteiger partial charge in [0.15, 0.2) is 5.75 Å². The first-order valence-electron chi connectivity index (χ1n) is 7.27. The van der Waals surface area contributed by atoms with Crippen LogP contribution in [0, 0.1) is 6.92 Å². The highest BCUT2D eigenvalue weighted by atomic mass is 16.3. The first-order valence-corrected chi connectivity index (χ1v) is 7.27. The fourth-order valence-electron chi connectivity index (χ4n) is 2.30. The normalized spacial score (nSPS) is 11.1. The summed E-state index contributed by atoms with van der Waals surface area (Å²) in [5, 5.41) is 18.7. The monoisotopic (exact) mass is 302 g/mol. The summed E-state index contributed by atoms with van der Waals surface area (Å²) in [6.07, 6.45) is 1.48. The fraction of sp³-hybridized carbons (Fsp3) is 0.353. The Kier molecular flexibility index (Phi) is 5.35. The minimum atomic E-state index is -0.382. The highest BCUT2D eigenvalue weighted by Gasteiger charge is 2.09. The molecular formula is C17H22N2O3. The Morgan fingerprint density at radius 3 is 2.55 bits per heavy atom. The molecule has 0 fully saturated rings. The first-order chi connectivity index (χ1) is 10.5. The van der Waals surface area contributed by atoms with Crippen molar-refractivity contribution >= 4 is 0 Å². The summed E-state index contributed by atoms with van der Waals surface area (Å²) in [6, 6.07) is 9.60. The van der Waals surface area contributed by atoms with Crippen LogP contribution in [0.4, 0.5) is 0 Å². The summed E-state index contributed by atoms with van der Waals surface area (Å²) in [6.45, 7) is 3.74. The van der Waals surface area contributed by atoms with Crippen LogP contribution in [0.25, 0.3) is 0 Å². The van der Waals surface area contributed by atoms with Crippen LogP contribution < -0.4 is 5.43 Å². The van der Waals surface area contributed by atoms with E-state index >= 15 is 0 Å². The fourth-order valence-corrected chi connectivity index (χ4v) is 2.30. The van der Waals surface area contributed by atoms with Gasteiger partial charge in [0.1, 0.15) is 0 Å². The first kappa shape index (κ1) is 16.3. The molecule has 1 heterocycles. The van der Waals surface area contributed by atoms with E-state index in [0.717, 1.165) is 11.3 Å². The van der Waals surface area contributed by atoms with Gasteiger partial charge in [0.05, 0.1) is 12.8 Å². The van der Waals surface area contributed by atoms with Gasteiger partial charge in [-0.15, -0.1) is 0 Å². The molecule has 0 radical (unpaired) electrons. The Balaban J connectivity index is 2.29. The molecule has 0 bridgehead atoms. The van der Waals surface area contributed by atoms with Crippen molar-refractivity contribution in [3.05, 3.63) is 63.6 Å². The Labute approximate surface area is 130 Å². The molecule has 0 aliphatic rings. The molecule has 0 atom stereocenters. The van der Waals surface area contributed by atoms with Crippen LogP contribution in [0.3, 0.4) is 0 Å². The van der Waals surface area contributed by atoms with E-state index in [-0.39, 0.29) is 17.8 Å². The van der Waals surface area contributed by atoms with Crippen molar-refractivity contribution in [2.75, 3.05) is 20.2 Å². The molecular weight excluding hydrogens is 280 g/mol. The van der Waals surface area contributed by atoms with Gasteiger partial charge in [-0.2, -0.15) is 0 Å². The van der Waals surface area contributed by atoms with Crippen LogP contribution in [-0.4, -0.2) is 39.9 Å². The number of rotatable bonds is 6. The molecule has 5 heteroatoms. The van der Waals surface area contributed by atoms with Crippen molar-refractivity contribution in [3.63, 3.8) is 0 Å². The molecule has 0 saturated carbocycles. The van der Waals surface area contributed by atoms with Crippen LogP contribution in [0.2, 0.25) is 0 Å². The van der Waals surface area contributed by atoms with Crippen molar-refractivity contribution in [2.24, 2.45) is 0 Å². The number of hydrogen-bond acceptors (Lipinski definition) is 4. The smallest absolute Gasteiger partial charge is 0.223 e. The van der Waals surface area contributed by atoms with Crippen molar-refractivity contribution in [1.82, 2.24) is 9.47 Å². The van der Waals surface area contributed by atoms with E-state index in [1.165, 1.54) is 17.8 Å². The van der Waals surface area contributed by atoms with Gasteiger partial charge in [-0.1, -0.05) is 29.8 Å². The summed E-state index contributed by atoms with van der Waals surface area (Å²) in [4.78, 5) is 13.6. The van der Waals surface area contributed by atoms with E-state index in [1.54, 1.807) is 0 Å². The molecule has 2 rings (SSSR count). The molecule has 2 N–H and O–H groups in total. The molecule has 0 aliphatic carbocycles. The maximum atomic E-state index is 11.7. The summed E-state index contributed by atoms with van der Waals surface area (Å²) in [5.74, 6) is -0.249. The highest BCUT2D eigenvalue weighted by molar-refractivity contribution is 5.25. The average Bonchev–Trinajstić information content (AvgIpc) is 2.47. The van der Waals surface area contributed by atoms with E-state index in [2.05, 4.69) is 0 Å². The molecule has 0 spiro atoms. The van der Waals surface area contributed by atoms with Crippen LogP contribution in [0.1, 0.15) is 16.8 Å². The van der Waals surface area contributed by atoms with Gasteiger partial charge >= 0.3 is 0 Å². The van der Waals surface area contributed by atoms with Gasteiger partial charge in [0, 0.05) is 31.4 Å². The third-order valence-corrected chi connectivity index (χ3v) is 3.58. The minimum Gasteiger partial charge on any atom is -0.503 e. The summed E-state index contributed by atoms with van der Waals surface area (Å²) in [5.41, 5.74) is 2.71. The standard InChI is InChI=1S/C17H22N2O3/c1-13-3-5-14(6-4-13)10-19-12-17(22)16(21)9-15(19)11-18(2)7-8-20/h3-6,9,12,20,22H,7-8,10-11H2,1-2H3. The quantitative estimate of drug-likeness (QED) is 0.845. The number of likely N-dealkylation sites (N-methyl/N-ethyl adjacent to an activating group) is 1. The van der Waals surface area contributed by atoms with Gasteiger partial charge in [-0.05, 0) is 19.5 Å². The number of nitrogens with zero attached hydrogens (tertiary/aromatic N) is 2. The lowest BCUT2D eigenvalue weighted by atomic mass is 10.1. The molecule has 0 unspecified atom stereocenters. The number of benzene rings is 1. The van der Waals surface area contributed by atoms with Gasteiger partial charge in [-0.3, -0.25) is 9.69 Å². The Morgan fingerprint density at radius 2 is 1.91 bits per heavy atom. The largest absolute Gasteiger partial charge is 0.503 e. The van der Waals surface area contributed by atoms with E-state index in [0.29, 0.717) is 19.6 Å². The van der Waals surface area contributed by atoms with Crippen molar-refractivity contribution < 1.29 is 10.2 Å². The third-order valence-electron chi connectivity index (χ3n) is 3.58. The molecule has 118 valence electrons. The predicted molar refractivity (Wildman–Crippen MR) is 86.1 cm³/mol. The minimum absolute atomic E-state index is 0.0662. The number of aromatic nitrogens is 1. The molecule has 22 heavy (non-hydrogen) atoms. The number of aromatic hydroxyl groups is 1. The number of aliphatic hydroxyl groups is 1. The van der Waals surface area contributed by atoms with E-state index in [9.17, 15) is 9.90 Å². The number of hydrogen-bond donors (Lipinski definition) is 2. The lowest BCUT2D eigenvalue weighted by Gasteiger charge is -2.19. The molecule has 0 aliphatic heterocycles. The average molecular weight is 302 g/mol. The van der Waals surface area contributed by atoms with Crippen molar-refractivity contribution in [2.45, 2.75) is 20.0 Å². The number of aryl methyl sites for hydroxylation is 1. The van der Waals surface area contributed by atoms with Crippen LogP contribution in [0.5, 0.6) is 5.75 Å². The van der Waals surface area contributed by atoms with Crippen LogP contribution in [-0.2, 0) is 13.1 Å². The van der Waals surface area contributed by atoms with Crippen LogP contribution >= 0.6 is 0 Å². The van der Waals surface area contributed by atoms with Crippen molar-refractivity contribution in [3.8, 4) is 5.75 Å². The lowest BCUT2D eigenvalue weighted by molar-refractivity contribution is 0.214. The molecule has 0 amide bonds. The van der Waals surface area contributed by atoms with Gasteiger partial charge < -0.3 is 14.8 Å². The molecule has 1 aromatic heterocycles. The lowest BCUT2D eigenvalue weighted by Crippen LogP contribution is -2.25. The summed E-state index contributed by atoms with van der Waals surface area (Å²) >= 11 is 0. The second kappa shape index (κ2) is 7.24. The maximum Gasteiger partial charge on any atom is 0.223 e. The van der Waals surface area contributed by atoms with E-state index < -0.39 is 0 Å². The highest BCUT2D eigenvalue weighted by Crippen LogP contribution is 2.12. The third kappa shape index (κ3) is 4.19. The predicted octanol–water partition coefficient (Wildman–Crippen LogP) is 1.33. The van der Waals surface area contributed by atoms with Gasteiger partial charge in [0.25, 0.3) is 0 Å². The topological polar surface area (TPSA) is 65.7 Å². The van der Waals surface area contributed by atoms with Gasteiger partial charge in [0.2, 0.25) is 5.43 Å². The van der Waals surface area contributed by atoms with E-state index in [1.807, 2.05) is 47.7 Å². The Bertz CT molecular complexity index is 677. The molecule has 1 aromatic carbocycles. The van der Waals surface area contributed by atoms with Crippen molar-refractivity contribution in [1.29, 1.82) is 0 Å². The molecule has 0 saturated heterocycles. The zero-order valence-electron chi connectivity index (χ0n) is 13.0. The maximum absolute atomic E-state index is 11.7. The van der Waals surface area contributed by atoms with Gasteiger partial charge in [-0.25, -0.2) is 0 Å². The zero-order chi connectivity index (χ0) is 16.1.